The lowest BCUT2D eigenvalue weighted by atomic mass is 10.0. The zero-order valence-corrected chi connectivity index (χ0v) is 16.1. The number of amides is 1. The summed E-state index contributed by atoms with van der Waals surface area (Å²) in [7, 11) is 0. The highest BCUT2D eigenvalue weighted by Crippen LogP contribution is 2.35. The number of benzene rings is 2. The number of aromatic nitrogens is 2. The third-order valence-corrected chi connectivity index (χ3v) is 5.62. The zero-order valence-electron chi connectivity index (χ0n) is 16.1. The summed E-state index contributed by atoms with van der Waals surface area (Å²) in [6.45, 7) is 7.04. The van der Waals surface area contributed by atoms with Crippen LogP contribution in [-0.4, -0.2) is 38.6 Å². The van der Waals surface area contributed by atoms with E-state index in [9.17, 15) is 9.90 Å². The molecule has 1 aliphatic heterocycles. The number of rotatable bonds is 2. The highest BCUT2D eigenvalue weighted by molar-refractivity contribution is 5.81. The van der Waals surface area contributed by atoms with Crippen molar-refractivity contribution in [2.45, 2.75) is 39.7 Å². The number of fused-ring (bicyclic) bond motifs is 1. The van der Waals surface area contributed by atoms with Gasteiger partial charge in [0.15, 0.2) is 0 Å². The molecular weight excluding hydrogens is 338 g/mol. The predicted octanol–water partition coefficient (Wildman–Crippen LogP) is 4.21. The van der Waals surface area contributed by atoms with Crippen LogP contribution in [-0.2, 0) is 4.79 Å². The molecule has 5 heteroatoms. The van der Waals surface area contributed by atoms with E-state index >= 15 is 0 Å². The lowest BCUT2D eigenvalue weighted by Crippen LogP contribution is -2.37. The maximum absolute atomic E-state index is 11.7. The second-order valence-electron chi connectivity index (χ2n) is 7.49. The van der Waals surface area contributed by atoms with Gasteiger partial charge < -0.3 is 14.6 Å². The molecule has 1 N–H and O–H groups in total. The molecule has 2 heterocycles. The Morgan fingerprint density at radius 3 is 2.37 bits per heavy atom. The number of aryl methyl sites for hydroxylation is 2. The molecule has 0 unspecified atom stereocenters. The van der Waals surface area contributed by atoms with Gasteiger partial charge in [-0.05, 0) is 62.1 Å². The van der Waals surface area contributed by atoms with Crippen molar-refractivity contribution in [3.63, 3.8) is 0 Å². The molecule has 27 heavy (non-hydrogen) atoms. The summed E-state index contributed by atoms with van der Waals surface area (Å²) in [6, 6.07) is 12.5. The van der Waals surface area contributed by atoms with Crippen molar-refractivity contribution in [3.05, 3.63) is 47.5 Å². The van der Waals surface area contributed by atoms with E-state index in [0.717, 1.165) is 59.5 Å². The molecule has 0 bridgehead atoms. The normalized spacial score (nSPS) is 15.4. The van der Waals surface area contributed by atoms with Gasteiger partial charge in [-0.15, -0.1) is 0 Å². The van der Waals surface area contributed by atoms with Gasteiger partial charge in [-0.1, -0.05) is 12.1 Å². The Hall–Kier alpha value is -2.82. The van der Waals surface area contributed by atoms with Crippen LogP contribution in [0.5, 0.6) is 5.75 Å². The number of para-hydroxylation sites is 2. The van der Waals surface area contributed by atoms with E-state index in [2.05, 4.69) is 10.6 Å². The fourth-order valence-corrected chi connectivity index (χ4v) is 4.14. The molecule has 1 amide bonds. The van der Waals surface area contributed by atoms with Crippen LogP contribution in [0.15, 0.2) is 36.4 Å². The van der Waals surface area contributed by atoms with E-state index in [0.29, 0.717) is 11.8 Å². The third-order valence-electron chi connectivity index (χ3n) is 5.62. The predicted molar refractivity (Wildman–Crippen MR) is 107 cm³/mol. The number of hydrogen-bond donors (Lipinski definition) is 1. The average Bonchev–Trinajstić information content (AvgIpc) is 3.05. The number of aromatic hydroxyl groups is 1. The van der Waals surface area contributed by atoms with E-state index in [1.165, 1.54) is 0 Å². The van der Waals surface area contributed by atoms with Crippen LogP contribution in [0.2, 0.25) is 0 Å². The minimum absolute atomic E-state index is 0.147. The van der Waals surface area contributed by atoms with Gasteiger partial charge in [0.2, 0.25) is 5.91 Å². The van der Waals surface area contributed by atoms with Crippen molar-refractivity contribution in [1.82, 2.24) is 14.5 Å². The number of hydrogen-bond acceptors (Lipinski definition) is 3. The molecule has 0 saturated carbocycles. The Morgan fingerprint density at radius 2 is 1.74 bits per heavy atom. The van der Waals surface area contributed by atoms with Gasteiger partial charge in [-0.25, -0.2) is 4.98 Å². The van der Waals surface area contributed by atoms with Gasteiger partial charge in [0, 0.05) is 31.6 Å². The number of imidazole rings is 1. The van der Waals surface area contributed by atoms with Crippen molar-refractivity contribution in [2.24, 2.45) is 0 Å². The first-order chi connectivity index (χ1) is 13.0. The summed E-state index contributed by atoms with van der Waals surface area (Å²) >= 11 is 0. The van der Waals surface area contributed by atoms with Crippen LogP contribution in [0.1, 0.15) is 36.9 Å². The second kappa shape index (κ2) is 6.72. The smallest absolute Gasteiger partial charge is 0.219 e. The number of phenolic OH excluding ortho intramolecular Hbond substituents is 1. The summed E-state index contributed by atoms with van der Waals surface area (Å²) < 4.78 is 2.33. The van der Waals surface area contributed by atoms with E-state index in [1.54, 1.807) is 6.92 Å². The molecule has 3 aromatic rings. The molecule has 1 aromatic heterocycles. The van der Waals surface area contributed by atoms with Crippen LogP contribution in [0, 0.1) is 13.8 Å². The Kier molecular flexibility index (Phi) is 4.38. The topological polar surface area (TPSA) is 58.4 Å². The maximum Gasteiger partial charge on any atom is 0.219 e. The van der Waals surface area contributed by atoms with Crippen molar-refractivity contribution >= 4 is 16.9 Å². The quantitative estimate of drug-likeness (QED) is 0.742. The lowest BCUT2D eigenvalue weighted by Gasteiger charge is -2.33. The molecule has 1 aliphatic rings. The SMILES string of the molecule is CC(=O)N1CCC(n2c(-c3cc(C)c(O)c(C)c3)nc3ccccc32)CC1. The van der Waals surface area contributed by atoms with Crippen molar-refractivity contribution in [1.29, 1.82) is 0 Å². The molecule has 5 nitrogen and oxygen atoms in total. The molecule has 0 aliphatic carbocycles. The summed E-state index contributed by atoms with van der Waals surface area (Å²) in [5.74, 6) is 1.42. The van der Waals surface area contributed by atoms with Crippen molar-refractivity contribution < 1.29 is 9.90 Å². The van der Waals surface area contributed by atoms with Crippen LogP contribution < -0.4 is 0 Å². The van der Waals surface area contributed by atoms with Crippen LogP contribution in [0.4, 0.5) is 0 Å². The van der Waals surface area contributed by atoms with Gasteiger partial charge in [0.25, 0.3) is 0 Å². The van der Waals surface area contributed by atoms with E-state index < -0.39 is 0 Å². The first-order valence-corrected chi connectivity index (χ1v) is 9.48. The molecule has 1 saturated heterocycles. The van der Waals surface area contributed by atoms with E-state index in [1.807, 2.05) is 49.1 Å². The highest BCUT2D eigenvalue weighted by atomic mass is 16.3. The number of nitrogens with zero attached hydrogens (tertiary/aromatic N) is 3. The Bertz CT molecular complexity index is 991. The largest absolute Gasteiger partial charge is 0.507 e. The first-order valence-electron chi connectivity index (χ1n) is 9.48. The molecule has 2 aromatic carbocycles. The summed E-state index contributed by atoms with van der Waals surface area (Å²) in [6.07, 6.45) is 1.84. The first kappa shape index (κ1) is 17.6. The average molecular weight is 363 g/mol. The molecule has 1 fully saturated rings. The van der Waals surface area contributed by atoms with Crippen LogP contribution in [0.3, 0.4) is 0 Å². The third kappa shape index (κ3) is 3.07. The van der Waals surface area contributed by atoms with Crippen LogP contribution >= 0.6 is 0 Å². The Balaban J connectivity index is 1.83. The fraction of sp³-hybridized carbons (Fsp3) is 0.364. The van der Waals surface area contributed by atoms with E-state index in [-0.39, 0.29) is 5.91 Å². The molecule has 4 rings (SSSR count). The van der Waals surface area contributed by atoms with Gasteiger partial charge in [0.1, 0.15) is 11.6 Å². The molecular formula is C22H25N3O2. The van der Waals surface area contributed by atoms with Crippen molar-refractivity contribution in [2.75, 3.05) is 13.1 Å². The van der Waals surface area contributed by atoms with Gasteiger partial charge >= 0.3 is 0 Å². The summed E-state index contributed by atoms with van der Waals surface area (Å²) in [5, 5.41) is 10.2. The zero-order chi connectivity index (χ0) is 19.1. The second-order valence-corrected chi connectivity index (χ2v) is 7.49. The van der Waals surface area contributed by atoms with Gasteiger partial charge in [-0.2, -0.15) is 0 Å². The van der Waals surface area contributed by atoms with Gasteiger partial charge in [0.05, 0.1) is 11.0 Å². The maximum atomic E-state index is 11.7. The number of piperidine rings is 1. The Morgan fingerprint density at radius 1 is 1.11 bits per heavy atom. The van der Waals surface area contributed by atoms with Gasteiger partial charge in [-0.3, -0.25) is 4.79 Å². The summed E-state index contributed by atoms with van der Waals surface area (Å²) in [5.41, 5.74) is 4.83. The molecule has 140 valence electrons. The Labute approximate surface area is 159 Å². The molecule has 0 spiro atoms. The fourth-order valence-electron chi connectivity index (χ4n) is 4.14. The molecule has 0 atom stereocenters. The number of carbonyl (C=O) groups excluding carboxylic acids is 1. The summed E-state index contributed by atoms with van der Waals surface area (Å²) in [4.78, 5) is 18.5. The van der Waals surface area contributed by atoms with E-state index in [4.69, 9.17) is 4.98 Å². The standard InChI is InChI=1S/C22H25N3O2/c1-14-12-17(13-15(2)21(14)27)22-23-19-6-4-5-7-20(19)25(22)18-8-10-24(11-9-18)16(3)26/h4-7,12-13,18,27H,8-11H2,1-3H3. The number of phenols is 1. The minimum Gasteiger partial charge on any atom is -0.507 e. The number of likely N-dealkylation sites (tertiary alicyclic amines) is 1. The highest BCUT2D eigenvalue weighted by Gasteiger charge is 2.26. The minimum atomic E-state index is 0.147. The molecule has 0 radical (unpaired) electrons. The van der Waals surface area contributed by atoms with Crippen LogP contribution in [0.25, 0.3) is 22.4 Å². The monoisotopic (exact) mass is 363 g/mol. The van der Waals surface area contributed by atoms with Crippen molar-refractivity contribution in [3.8, 4) is 17.1 Å². The lowest BCUT2D eigenvalue weighted by molar-refractivity contribution is -0.130. The number of carbonyl (C=O) groups is 1.